The van der Waals surface area contributed by atoms with E-state index in [9.17, 15) is 13.6 Å². The molecule has 0 saturated carbocycles. The summed E-state index contributed by atoms with van der Waals surface area (Å²) >= 11 is 5.76. The molecular weight excluding hydrogens is 312 g/mol. The average Bonchev–Trinajstić information content (AvgIpc) is 2.45. The van der Waals surface area contributed by atoms with Crippen LogP contribution in [0.4, 0.5) is 8.78 Å². The van der Waals surface area contributed by atoms with E-state index in [0.717, 1.165) is 10.1 Å². The number of nitrogens with zero attached hydrogens (tertiary/aromatic N) is 1. The van der Waals surface area contributed by atoms with E-state index in [4.69, 9.17) is 16.3 Å². The number of ether oxygens (including phenoxy) is 1. The maximum absolute atomic E-state index is 12.8. The molecule has 2 rings (SSSR count). The van der Waals surface area contributed by atoms with E-state index in [1.165, 1.54) is 6.07 Å². The molecule has 0 fully saturated rings. The van der Waals surface area contributed by atoms with Crippen LogP contribution < -0.4 is 10.3 Å². The zero-order valence-corrected chi connectivity index (χ0v) is 13.0. The van der Waals surface area contributed by atoms with Gasteiger partial charge in [-0.25, -0.2) is 8.78 Å². The van der Waals surface area contributed by atoms with Crippen molar-refractivity contribution in [1.29, 1.82) is 0 Å². The Balaban J connectivity index is 2.57. The third-order valence-corrected chi connectivity index (χ3v) is 3.52. The van der Waals surface area contributed by atoms with Crippen LogP contribution in [0.15, 0.2) is 35.1 Å². The van der Waals surface area contributed by atoms with Crippen molar-refractivity contribution < 1.29 is 13.5 Å². The fourth-order valence-electron chi connectivity index (χ4n) is 2.29. The van der Waals surface area contributed by atoms with E-state index in [1.807, 2.05) is 19.9 Å². The number of alkyl halides is 2. The molecule has 0 aliphatic carbocycles. The lowest BCUT2D eigenvalue weighted by Crippen LogP contribution is -2.25. The quantitative estimate of drug-likeness (QED) is 0.826. The van der Waals surface area contributed by atoms with Crippen molar-refractivity contribution in [3.05, 3.63) is 51.3 Å². The molecule has 0 amide bonds. The molecule has 0 aliphatic heterocycles. The first-order valence-corrected chi connectivity index (χ1v) is 7.23. The molecule has 118 valence electrons. The summed E-state index contributed by atoms with van der Waals surface area (Å²) in [6.07, 6.45) is -2.64. The van der Waals surface area contributed by atoms with Gasteiger partial charge in [0.1, 0.15) is 10.8 Å². The molecule has 1 aromatic heterocycles. The van der Waals surface area contributed by atoms with Crippen LogP contribution in [-0.2, 0) is 6.54 Å². The van der Waals surface area contributed by atoms with Gasteiger partial charge in [-0.3, -0.25) is 4.79 Å². The van der Waals surface area contributed by atoms with Crippen LogP contribution in [0.3, 0.4) is 0 Å². The van der Waals surface area contributed by atoms with Gasteiger partial charge in [-0.15, -0.1) is 0 Å². The SMILES string of the molecule is CCOc1ccc(-c2ccc(Cl)c(=O)n2CC(F)F)c(C)c1. The van der Waals surface area contributed by atoms with Crippen LogP contribution in [0.25, 0.3) is 11.3 Å². The van der Waals surface area contributed by atoms with E-state index >= 15 is 0 Å². The monoisotopic (exact) mass is 327 g/mol. The number of pyridine rings is 1. The van der Waals surface area contributed by atoms with E-state index in [0.29, 0.717) is 23.6 Å². The molecule has 22 heavy (non-hydrogen) atoms. The van der Waals surface area contributed by atoms with Gasteiger partial charge in [0.2, 0.25) is 0 Å². The van der Waals surface area contributed by atoms with Crippen LogP contribution in [0.5, 0.6) is 5.75 Å². The summed E-state index contributed by atoms with van der Waals surface area (Å²) in [4.78, 5) is 12.1. The highest BCUT2D eigenvalue weighted by Crippen LogP contribution is 2.27. The molecule has 0 atom stereocenters. The highest BCUT2D eigenvalue weighted by Gasteiger charge is 2.15. The first kappa shape index (κ1) is 16.5. The summed E-state index contributed by atoms with van der Waals surface area (Å²) in [7, 11) is 0. The van der Waals surface area contributed by atoms with Crippen LogP contribution in [0.2, 0.25) is 5.02 Å². The first-order chi connectivity index (χ1) is 10.4. The third kappa shape index (κ3) is 3.47. The normalized spacial score (nSPS) is 11.0. The summed E-state index contributed by atoms with van der Waals surface area (Å²) in [5.41, 5.74) is 1.32. The molecule has 0 aliphatic rings. The minimum Gasteiger partial charge on any atom is -0.494 e. The van der Waals surface area contributed by atoms with Gasteiger partial charge in [-0.05, 0) is 49.7 Å². The predicted molar refractivity (Wildman–Crippen MR) is 83.1 cm³/mol. The van der Waals surface area contributed by atoms with Gasteiger partial charge >= 0.3 is 0 Å². The minimum absolute atomic E-state index is 0.0759. The maximum atomic E-state index is 12.8. The molecule has 1 aromatic carbocycles. The van der Waals surface area contributed by atoms with Crippen LogP contribution in [-0.4, -0.2) is 17.6 Å². The lowest BCUT2D eigenvalue weighted by Gasteiger charge is -2.15. The Morgan fingerprint density at radius 3 is 2.59 bits per heavy atom. The fraction of sp³-hybridized carbons (Fsp3) is 0.312. The molecule has 3 nitrogen and oxygen atoms in total. The van der Waals surface area contributed by atoms with Crippen molar-refractivity contribution in [2.45, 2.75) is 26.8 Å². The molecular formula is C16H16ClF2NO2. The van der Waals surface area contributed by atoms with Gasteiger partial charge in [-0.1, -0.05) is 11.6 Å². The van der Waals surface area contributed by atoms with Gasteiger partial charge < -0.3 is 9.30 Å². The molecule has 1 heterocycles. The van der Waals surface area contributed by atoms with Gasteiger partial charge in [0.15, 0.2) is 0 Å². The molecule has 0 radical (unpaired) electrons. The lowest BCUT2D eigenvalue weighted by molar-refractivity contribution is 0.126. The minimum atomic E-state index is -2.64. The van der Waals surface area contributed by atoms with Gasteiger partial charge in [0.05, 0.1) is 18.8 Å². The molecule has 0 saturated heterocycles. The molecule has 6 heteroatoms. The summed E-state index contributed by atoms with van der Waals surface area (Å²) in [6, 6.07) is 8.32. The summed E-state index contributed by atoms with van der Waals surface area (Å²) in [5.74, 6) is 0.695. The number of halogens is 3. The first-order valence-electron chi connectivity index (χ1n) is 6.85. The summed E-state index contributed by atoms with van der Waals surface area (Å²) < 4.78 is 32.0. The van der Waals surface area contributed by atoms with Crippen molar-refractivity contribution in [1.82, 2.24) is 4.57 Å². The second kappa shape index (κ2) is 6.92. The predicted octanol–water partition coefficient (Wildman–Crippen LogP) is 4.14. The molecule has 2 aromatic rings. The highest BCUT2D eigenvalue weighted by atomic mass is 35.5. The Morgan fingerprint density at radius 2 is 2.00 bits per heavy atom. The van der Waals surface area contributed by atoms with Crippen LogP contribution in [0, 0.1) is 6.92 Å². The number of aryl methyl sites for hydroxylation is 1. The number of hydrogen-bond donors (Lipinski definition) is 0. The van der Waals surface area contributed by atoms with Crippen LogP contribution in [0.1, 0.15) is 12.5 Å². The van der Waals surface area contributed by atoms with Gasteiger partial charge in [0, 0.05) is 5.56 Å². The molecule has 0 spiro atoms. The Kier molecular flexibility index (Phi) is 5.19. The Labute approximate surface area is 132 Å². The van der Waals surface area contributed by atoms with E-state index in [-0.39, 0.29) is 5.02 Å². The standard InChI is InChI=1S/C16H16ClF2NO2/c1-3-22-11-4-5-12(10(2)8-11)14-7-6-13(17)16(21)20(14)9-15(18)19/h4-8,15H,3,9H2,1-2H3. The Morgan fingerprint density at radius 1 is 1.27 bits per heavy atom. The number of rotatable bonds is 5. The third-order valence-electron chi connectivity index (χ3n) is 3.23. The largest absolute Gasteiger partial charge is 0.494 e. The smallest absolute Gasteiger partial charge is 0.269 e. The van der Waals surface area contributed by atoms with E-state index in [2.05, 4.69) is 0 Å². The number of aromatic nitrogens is 1. The molecule has 0 bridgehead atoms. The van der Waals surface area contributed by atoms with E-state index in [1.54, 1.807) is 18.2 Å². The average molecular weight is 328 g/mol. The zero-order valence-electron chi connectivity index (χ0n) is 12.3. The summed E-state index contributed by atoms with van der Waals surface area (Å²) in [6.45, 7) is 3.56. The van der Waals surface area contributed by atoms with E-state index < -0.39 is 18.5 Å². The van der Waals surface area contributed by atoms with Crippen molar-refractivity contribution in [3.63, 3.8) is 0 Å². The van der Waals surface area contributed by atoms with Gasteiger partial charge in [0.25, 0.3) is 12.0 Å². The Hall–Kier alpha value is -1.88. The van der Waals surface area contributed by atoms with Crippen molar-refractivity contribution in [2.75, 3.05) is 6.61 Å². The molecule has 0 N–H and O–H groups in total. The maximum Gasteiger partial charge on any atom is 0.269 e. The highest BCUT2D eigenvalue weighted by molar-refractivity contribution is 6.30. The lowest BCUT2D eigenvalue weighted by atomic mass is 10.0. The van der Waals surface area contributed by atoms with Crippen LogP contribution >= 0.6 is 11.6 Å². The Bertz CT molecular complexity index is 729. The topological polar surface area (TPSA) is 31.2 Å². The molecule has 0 unspecified atom stereocenters. The number of hydrogen-bond acceptors (Lipinski definition) is 2. The van der Waals surface area contributed by atoms with Gasteiger partial charge in [-0.2, -0.15) is 0 Å². The summed E-state index contributed by atoms with van der Waals surface area (Å²) in [5, 5.41) is -0.0759. The van der Waals surface area contributed by atoms with Crippen molar-refractivity contribution in [3.8, 4) is 17.0 Å². The van der Waals surface area contributed by atoms with Crippen molar-refractivity contribution >= 4 is 11.6 Å². The fourth-order valence-corrected chi connectivity index (χ4v) is 2.45. The zero-order chi connectivity index (χ0) is 16.3. The number of benzene rings is 1. The second-order valence-electron chi connectivity index (χ2n) is 4.78. The van der Waals surface area contributed by atoms with Crippen molar-refractivity contribution in [2.24, 2.45) is 0 Å². The second-order valence-corrected chi connectivity index (χ2v) is 5.19.